The zero-order valence-electron chi connectivity index (χ0n) is 16.6. The van der Waals surface area contributed by atoms with Gasteiger partial charge in [0.25, 0.3) is 5.91 Å². The number of carbonyl (C=O) groups excluding carboxylic acids is 1. The molecule has 0 aliphatic carbocycles. The summed E-state index contributed by atoms with van der Waals surface area (Å²) in [5.74, 6) is -0.616. The molecule has 0 saturated carbocycles. The molecule has 1 aromatic carbocycles. The number of carboxylic acid groups (broad SMARTS) is 1. The van der Waals surface area contributed by atoms with E-state index in [1.807, 2.05) is 19.9 Å². The lowest BCUT2D eigenvalue weighted by molar-refractivity contribution is -0.139. The zero-order valence-corrected chi connectivity index (χ0v) is 19.0. The van der Waals surface area contributed by atoms with E-state index in [0.29, 0.717) is 27.5 Å². The third-order valence-corrected chi connectivity index (χ3v) is 4.94. The van der Waals surface area contributed by atoms with Crippen LogP contribution in [0.4, 0.5) is 0 Å². The van der Waals surface area contributed by atoms with E-state index in [-0.39, 0.29) is 17.4 Å². The van der Waals surface area contributed by atoms with E-state index in [4.69, 9.17) is 14.6 Å². The number of rotatable bonds is 10. The number of aromatic nitrogens is 2. The number of hydrogen-bond acceptors (Lipinski definition) is 8. The highest BCUT2D eigenvalue weighted by molar-refractivity contribution is 9.10. The van der Waals surface area contributed by atoms with Crippen LogP contribution in [0.2, 0.25) is 0 Å². The quantitative estimate of drug-likeness (QED) is 0.222. The number of amides is 1. The van der Waals surface area contributed by atoms with E-state index < -0.39 is 12.6 Å². The number of ether oxygens (including phenoxy) is 2. The number of halogens is 1. The van der Waals surface area contributed by atoms with Gasteiger partial charge >= 0.3 is 5.97 Å². The Hall–Kier alpha value is -2.66. The van der Waals surface area contributed by atoms with E-state index >= 15 is 0 Å². The Morgan fingerprint density at radius 3 is 2.50 bits per heavy atom. The second-order valence-corrected chi connectivity index (χ2v) is 7.75. The minimum atomic E-state index is -1.09. The zero-order chi connectivity index (χ0) is 22.1. The van der Waals surface area contributed by atoms with Gasteiger partial charge in [-0.2, -0.15) is 5.10 Å². The number of aliphatic carboxylic acids is 1. The third-order valence-electron chi connectivity index (χ3n) is 3.40. The molecule has 0 saturated heterocycles. The highest BCUT2D eigenvalue weighted by Crippen LogP contribution is 2.33. The molecule has 0 atom stereocenters. The van der Waals surface area contributed by atoms with Crippen LogP contribution in [0.3, 0.4) is 0 Å². The topological polar surface area (TPSA) is 123 Å². The van der Waals surface area contributed by atoms with Gasteiger partial charge in [-0.3, -0.25) is 4.79 Å². The average molecular weight is 497 g/mol. The van der Waals surface area contributed by atoms with Crippen LogP contribution in [0.15, 0.2) is 32.9 Å². The van der Waals surface area contributed by atoms with Gasteiger partial charge in [0.2, 0.25) is 0 Å². The summed E-state index contributed by atoms with van der Waals surface area (Å²) in [5.41, 5.74) is 4.75. The van der Waals surface area contributed by atoms with Crippen LogP contribution in [-0.4, -0.2) is 52.1 Å². The normalized spacial score (nSPS) is 10.8. The van der Waals surface area contributed by atoms with E-state index in [0.717, 1.165) is 11.4 Å². The molecule has 1 heterocycles. The second kappa shape index (κ2) is 11.5. The molecule has 160 valence electrons. The van der Waals surface area contributed by atoms with Crippen LogP contribution in [0, 0.1) is 13.8 Å². The number of benzene rings is 1. The first kappa shape index (κ1) is 23.6. The van der Waals surface area contributed by atoms with Gasteiger partial charge < -0.3 is 14.6 Å². The Kier molecular flexibility index (Phi) is 9.06. The van der Waals surface area contributed by atoms with Crippen LogP contribution >= 0.6 is 27.7 Å². The van der Waals surface area contributed by atoms with Crippen molar-refractivity contribution < 1.29 is 24.2 Å². The molecule has 0 aliphatic rings. The van der Waals surface area contributed by atoms with Crippen LogP contribution in [0.1, 0.15) is 23.9 Å². The number of nitrogens with one attached hydrogen (secondary N) is 1. The molecule has 30 heavy (non-hydrogen) atoms. The molecular weight excluding hydrogens is 476 g/mol. The van der Waals surface area contributed by atoms with Crippen LogP contribution in [-0.2, 0) is 9.59 Å². The lowest BCUT2D eigenvalue weighted by Crippen LogP contribution is -2.20. The fourth-order valence-electron chi connectivity index (χ4n) is 2.26. The maximum atomic E-state index is 12.0. The van der Waals surface area contributed by atoms with Gasteiger partial charge in [0, 0.05) is 21.4 Å². The number of hydrogen-bond donors (Lipinski definition) is 2. The molecule has 2 N–H and O–H groups in total. The summed E-state index contributed by atoms with van der Waals surface area (Å²) in [7, 11) is 0. The summed E-state index contributed by atoms with van der Waals surface area (Å²) in [6.07, 6.45) is 1.45. The van der Waals surface area contributed by atoms with Crippen molar-refractivity contribution in [2.45, 2.75) is 25.9 Å². The monoisotopic (exact) mass is 496 g/mol. The molecule has 9 nitrogen and oxygen atoms in total. The van der Waals surface area contributed by atoms with Crippen LogP contribution < -0.4 is 14.9 Å². The predicted octanol–water partition coefficient (Wildman–Crippen LogP) is 2.96. The predicted molar refractivity (Wildman–Crippen MR) is 116 cm³/mol. The molecule has 0 bridgehead atoms. The minimum Gasteiger partial charge on any atom is -0.490 e. The van der Waals surface area contributed by atoms with Crippen molar-refractivity contribution in [3.8, 4) is 11.5 Å². The van der Waals surface area contributed by atoms with Crippen molar-refractivity contribution in [2.75, 3.05) is 19.0 Å². The molecular formula is C19H21BrN4O5S. The number of carboxylic acids is 1. The van der Waals surface area contributed by atoms with Gasteiger partial charge in [0.15, 0.2) is 23.3 Å². The van der Waals surface area contributed by atoms with Gasteiger partial charge in [0.1, 0.15) is 0 Å². The highest BCUT2D eigenvalue weighted by atomic mass is 79.9. The molecule has 1 aromatic heterocycles. The Morgan fingerprint density at radius 1 is 1.20 bits per heavy atom. The molecule has 1 amide bonds. The summed E-state index contributed by atoms with van der Waals surface area (Å²) >= 11 is 4.60. The molecule has 0 spiro atoms. The van der Waals surface area contributed by atoms with Crippen LogP contribution in [0.5, 0.6) is 11.5 Å². The molecule has 0 fully saturated rings. The number of aryl methyl sites for hydroxylation is 2. The second-order valence-electron chi connectivity index (χ2n) is 5.95. The van der Waals surface area contributed by atoms with Gasteiger partial charge in [-0.15, -0.1) is 0 Å². The van der Waals surface area contributed by atoms with Crippen molar-refractivity contribution in [3.05, 3.63) is 39.6 Å². The summed E-state index contributed by atoms with van der Waals surface area (Å²) in [6, 6.07) is 5.09. The van der Waals surface area contributed by atoms with Crippen molar-refractivity contribution in [2.24, 2.45) is 5.10 Å². The Balaban J connectivity index is 1.99. The number of nitrogens with zero attached hydrogens (tertiary/aromatic N) is 3. The van der Waals surface area contributed by atoms with Gasteiger partial charge in [0.05, 0.1) is 18.6 Å². The van der Waals surface area contributed by atoms with E-state index in [1.54, 1.807) is 19.1 Å². The Labute approximate surface area is 186 Å². The van der Waals surface area contributed by atoms with Gasteiger partial charge in [-0.1, -0.05) is 11.8 Å². The fraction of sp³-hybridized carbons (Fsp3) is 0.316. The summed E-state index contributed by atoms with van der Waals surface area (Å²) in [5, 5.41) is 13.3. The first-order chi connectivity index (χ1) is 14.3. The molecule has 0 radical (unpaired) electrons. The van der Waals surface area contributed by atoms with E-state index in [1.165, 1.54) is 18.0 Å². The third kappa shape index (κ3) is 7.64. The largest absolute Gasteiger partial charge is 0.490 e. The molecule has 2 aromatic rings. The average Bonchev–Trinajstić information content (AvgIpc) is 2.66. The lowest BCUT2D eigenvalue weighted by Gasteiger charge is -2.12. The lowest BCUT2D eigenvalue weighted by atomic mass is 10.2. The first-order valence-corrected chi connectivity index (χ1v) is 10.6. The maximum absolute atomic E-state index is 12.0. The van der Waals surface area contributed by atoms with Crippen molar-refractivity contribution in [1.29, 1.82) is 0 Å². The minimum absolute atomic E-state index is 0.119. The number of hydrazone groups is 1. The SMILES string of the molecule is CCOc1cc(/C=N\NC(=O)CSc2nc(C)cc(C)n2)c(Br)cc1OCC(=O)O. The van der Waals surface area contributed by atoms with Crippen molar-refractivity contribution in [1.82, 2.24) is 15.4 Å². The van der Waals surface area contributed by atoms with Gasteiger partial charge in [-0.05, 0) is 54.9 Å². The van der Waals surface area contributed by atoms with Gasteiger partial charge in [-0.25, -0.2) is 20.2 Å². The summed E-state index contributed by atoms with van der Waals surface area (Å²) < 4.78 is 11.3. The number of thioether (sulfide) groups is 1. The molecule has 2 rings (SSSR count). The van der Waals surface area contributed by atoms with Crippen molar-refractivity contribution >= 4 is 45.8 Å². The fourth-order valence-corrected chi connectivity index (χ4v) is 3.43. The highest BCUT2D eigenvalue weighted by Gasteiger charge is 2.12. The maximum Gasteiger partial charge on any atom is 0.341 e. The van der Waals surface area contributed by atoms with E-state index in [9.17, 15) is 9.59 Å². The standard InChI is InChI=1S/C19H21BrN4O5S/c1-4-28-15-6-13(14(20)7-16(15)29-9-18(26)27)8-21-24-17(25)10-30-19-22-11(2)5-12(3)23-19/h5-8H,4,9-10H2,1-3H3,(H,24,25)(H,26,27)/b21-8-. The van der Waals surface area contributed by atoms with E-state index in [2.05, 4.69) is 36.4 Å². The Bertz CT molecular complexity index is 935. The van der Waals surface area contributed by atoms with Crippen LogP contribution in [0.25, 0.3) is 0 Å². The summed E-state index contributed by atoms with van der Waals surface area (Å²) in [4.78, 5) is 31.3. The number of carbonyl (C=O) groups is 2. The molecule has 11 heteroatoms. The molecule has 0 aliphatic heterocycles. The summed E-state index contributed by atoms with van der Waals surface area (Å²) in [6.45, 7) is 5.42. The van der Waals surface area contributed by atoms with Crippen molar-refractivity contribution in [3.63, 3.8) is 0 Å². The Morgan fingerprint density at radius 2 is 1.87 bits per heavy atom. The first-order valence-electron chi connectivity index (χ1n) is 8.86. The molecule has 0 unspecified atom stereocenters. The smallest absolute Gasteiger partial charge is 0.341 e.